The van der Waals surface area contributed by atoms with E-state index in [-0.39, 0.29) is 6.42 Å². The molecule has 0 aliphatic carbocycles. The highest BCUT2D eigenvalue weighted by atomic mass is 32.2. The molecule has 44 fully saturated rings. The summed E-state index contributed by atoms with van der Waals surface area (Å²) in [4.78, 5) is 0. The molecule has 1 unspecified atom stereocenters. The third-order valence-corrected chi connectivity index (χ3v) is 28.0. The zero-order valence-corrected chi connectivity index (χ0v) is 74.5. The fraction of sp³-hybridized carbons (Fsp3) is 1.00. The van der Waals surface area contributed by atoms with Crippen LogP contribution in [-0.2, 0) is 129 Å². The maximum atomic E-state index is 12.2. The van der Waals surface area contributed by atoms with E-state index in [1.165, 1.54) is 6.92 Å². The molecular formula is C76H128O63S. The van der Waals surface area contributed by atoms with Gasteiger partial charge in [-0.1, -0.05) is 6.92 Å². The molecule has 0 aromatic carbocycles. The molecule has 24 bridgehead atoms. The van der Waals surface area contributed by atoms with Gasteiger partial charge in [-0.05, 0) is 6.42 Å². The molecule has 0 saturated carbocycles. The Morgan fingerprint density at radius 3 is 0.414 bits per heavy atom. The van der Waals surface area contributed by atoms with E-state index >= 15 is 0 Å². The lowest BCUT2D eigenvalue weighted by molar-refractivity contribution is -0.404. The molecule has 44 heterocycles. The largest absolute Gasteiger partial charge is 0.394 e. The summed E-state index contributed by atoms with van der Waals surface area (Å²) in [6, 6.07) is 0. The van der Waals surface area contributed by atoms with Crippen molar-refractivity contribution in [3.63, 3.8) is 0 Å². The van der Waals surface area contributed by atoms with Gasteiger partial charge >= 0.3 is 0 Å². The first-order valence-corrected chi connectivity index (χ1v) is 46.2. The SMILES string of the molecule is CCC(CO[C@@H]1[C@@H](O)[C@H]2O[C@H]3[C@H](O)[C@@H](O)[C@@H](O[C@H]4[C@H](O)[C@@H](O)[C@@H](O[C@H]5[C@H](O)[C@@H](O)[C@@H](O[C@H]6[C@H](O)[C@@H](O)[C@@H](O[C@H]7[C@H](O)[C@@H](O)[C@@H](O[C@H]1[C@@H](CO)O2)O[C@@H]7CO)O[C@@H]6CO)O[C@@H]5CO)O[C@@H]4CO)O[C@@H]3CO)S(=O)(=O)O.OC[C@H]1O[C@@H]2O[C@H]3[C@H](O)[C@@H](O)[C@@H](O[C@H]4[C@H](O)[C@@H](O)[C@@H](O[C@H]5[C@H](O)[C@@H](O)[C@@H](O[C@H]6[C@H](O)[C@@H](O)[C@@H](O[C@H]7[C@H](O)[C@@H](O)[C@@H](O[C@H]1[C@H](O)[C@H]2O)O[C@@H]7CO)O[C@@H]6CO)O[C@@H]5CO)O[C@@H]4CO)O[C@@H]3CO. The van der Waals surface area contributed by atoms with E-state index in [0.717, 1.165) is 0 Å². The molecule has 44 saturated heterocycles. The van der Waals surface area contributed by atoms with Crippen molar-refractivity contribution >= 4 is 10.1 Å². The van der Waals surface area contributed by atoms with Gasteiger partial charge in [-0.15, -0.1) is 0 Å². The number of aliphatic hydroxyl groups is 35. The number of aliphatic hydroxyl groups excluding tert-OH is 35. The van der Waals surface area contributed by atoms with Gasteiger partial charge in [0.05, 0.1) is 85.9 Å². The Labute approximate surface area is 790 Å². The molecule has 44 aliphatic rings. The van der Waals surface area contributed by atoms with Gasteiger partial charge in [0.15, 0.2) is 75.5 Å². The number of ether oxygens (including phenoxy) is 25. The molecule has 0 aromatic heterocycles. The van der Waals surface area contributed by atoms with Crippen molar-refractivity contribution in [1.29, 1.82) is 0 Å². The molecule has 0 aromatic rings. The van der Waals surface area contributed by atoms with Crippen molar-refractivity contribution in [2.45, 2.75) is 387 Å². The predicted octanol–water partition coefficient (Wildman–Crippen LogP) is -25.4. The summed E-state index contributed by atoms with van der Waals surface area (Å²) in [6.45, 7) is -11.8. The monoisotopic (exact) mass is 2080 g/mol. The molecule has 36 N–H and O–H groups in total. The van der Waals surface area contributed by atoms with Crippen LogP contribution >= 0.6 is 0 Å². The average Bonchev–Trinajstić information content (AvgIpc) is 0.762. The van der Waals surface area contributed by atoms with Crippen molar-refractivity contribution in [1.82, 2.24) is 0 Å². The molecule has 44 rings (SSSR count). The van der Waals surface area contributed by atoms with Gasteiger partial charge in [0.2, 0.25) is 0 Å². The first-order valence-electron chi connectivity index (χ1n) is 44.7. The highest BCUT2D eigenvalue weighted by molar-refractivity contribution is 7.86. The van der Waals surface area contributed by atoms with Crippen LogP contribution in [0.2, 0.25) is 0 Å². The minimum absolute atomic E-state index is 0.262. The molecule has 0 radical (unpaired) electrons. The minimum atomic E-state index is -4.83. The fourth-order valence-corrected chi connectivity index (χ4v) is 19.3. The van der Waals surface area contributed by atoms with Crippen LogP contribution < -0.4 is 0 Å². The smallest absolute Gasteiger partial charge is 0.270 e. The summed E-state index contributed by atoms with van der Waals surface area (Å²) in [7, 11) is -4.83. The van der Waals surface area contributed by atoms with Crippen molar-refractivity contribution in [3.05, 3.63) is 0 Å². The Kier molecular flexibility index (Phi) is 40.4. The van der Waals surface area contributed by atoms with Crippen molar-refractivity contribution in [3.8, 4) is 0 Å². The summed E-state index contributed by atoms with van der Waals surface area (Å²) in [5.74, 6) is 0. The molecule has 140 heavy (non-hydrogen) atoms. The topological polar surface area (TPSA) is 993 Å². The van der Waals surface area contributed by atoms with Gasteiger partial charge < -0.3 is 297 Å². The first-order chi connectivity index (χ1) is 66.5. The Morgan fingerprint density at radius 2 is 0.300 bits per heavy atom. The standard InChI is InChI=1S/C40H68O33S.C36H60O30/c1-2-10(74(58,59)60)9-61-34-27(57)40-67-16(8-46)33(34)73-39-26(56)21(51)31(14(6-44)66-39)71-37-24(54)19(49)29(12(4-42)64-37)69-35-22(52)17(47)28(11(3-41)62-35)68-36-23(53)18(48)30(13(5-43)63-36)70-38-25(55)20(50)32(72-40)15(7-45)65-38;37-1-7-25-13(43)19(49)31(55-7)62-26-8(2-38)57-33(21(51)15(26)45)64-28-10(4-40)59-35(23(53)17(28)47)66-30-12(6-42)60-36(24(54)18(30)48)65-29-11(5-41)58-34(22(52)16(29)46)63-27-9(3-39)56-32(61-25)20(50)14(27)44/h10-57H,2-9H2,1H3,(H,58,59,60);7-54H,1-6H2/t10?,11-,12-,13-,14-,15-,16-,17-,18-,19-,20-,21-,22-,23-,24-,25-,26-,27-,28-,29-,30-,31-,32-,33+,34-,35-,36-,37-,38-,39-,40-;7-,8-,9-,10-,11-,12-,13-,14-,15-,16-,17-,18-,19-,20-,21-,22-,23-,24-,25-,26-,27-,28-,29-,30-,31-,32-,33-,34-,35-,36-/m11/s1. The molecule has 0 spiro atoms. The lowest BCUT2D eigenvalue weighted by atomic mass is 9.94. The third-order valence-electron chi connectivity index (χ3n) is 26.7. The Morgan fingerprint density at radius 1 is 0.186 bits per heavy atom. The van der Waals surface area contributed by atoms with Crippen LogP contribution in [0, 0.1) is 0 Å². The lowest BCUT2D eigenvalue weighted by Crippen LogP contribution is -2.69. The molecule has 63 nitrogen and oxygen atoms in total. The van der Waals surface area contributed by atoms with E-state index in [2.05, 4.69) is 0 Å². The Balaban J connectivity index is 0.000000237. The highest BCUT2D eigenvalue weighted by Gasteiger charge is 2.64. The second-order valence-corrected chi connectivity index (χ2v) is 37.2. The maximum absolute atomic E-state index is 12.2. The van der Waals surface area contributed by atoms with Gasteiger partial charge in [0, 0.05) is 0 Å². The van der Waals surface area contributed by atoms with Crippen LogP contribution in [0.1, 0.15) is 13.3 Å². The van der Waals surface area contributed by atoms with E-state index < -0.39 is 470 Å². The van der Waals surface area contributed by atoms with E-state index in [9.17, 15) is 192 Å². The van der Waals surface area contributed by atoms with Crippen LogP contribution in [0.3, 0.4) is 0 Å². The van der Waals surface area contributed by atoms with Gasteiger partial charge in [0.1, 0.15) is 298 Å². The first kappa shape index (κ1) is 115. The van der Waals surface area contributed by atoms with Crippen LogP contribution in [0.5, 0.6) is 0 Å². The van der Waals surface area contributed by atoms with Crippen LogP contribution in [0.4, 0.5) is 0 Å². The molecule has 64 heteroatoms. The van der Waals surface area contributed by atoms with Crippen molar-refractivity contribution in [2.24, 2.45) is 0 Å². The second kappa shape index (κ2) is 49.3. The predicted molar refractivity (Wildman–Crippen MR) is 421 cm³/mol. The summed E-state index contributed by atoms with van der Waals surface area (Å²) in [5.41, 5.74) is 0. The molecule has 816 valence electrons. The molecular weight excluding hydrogens is 1950 g/mol. The van der Waals surface area contributed by atoms with E-state index in [1.54, 1.807) is 0 Å². The number of rotatable bonds is 17. The zero-order valence-electron chi connectivity index (χ0n) is 73.6. The van der Waals surface area contributed by atoms with E-state index in [1.807, 2.05) is 0 Å². The Hall–Kier alpha value is -2.49. The quantitative estimate of drug-likeness (QED) is 0.0601. The fourth-order valence-electron chi connectivity index (χ4n) is 18.7. The van der Waals surface area contributed by atoms with Gasteiger partial charge in [-0.2, -0.15) is 8.42 Å². The molecule has 61 atom stereocenters. The molecule has 44 aliphatic heterocycles. The van der Waals surface area contributed by atoms with Crippen molar-refractivity contribution < 1.29 is 310 Å². The maximum Gasteiger partial charge on any atom is 0.270 e. The summed E-state index contributed by atoms with van der Waals surface area (Å²) >= 11 is 0. The summed E-state index contributed by atoms with van der Waals surface area (Å²) in [5, 5.41) is 382. The van der Waals surface area contributed by atoms with Crippen LogP contribution in [0.25, 0.3) is 0 Å². The summed E-state index contributed by atoms with van der Waals surface area (Å²) < 4.78 is 177. The number of hydrogen-bond acceptors (Lipinski definition) is 62. The highest BCUT2D eigenvalue weighted by Crippen LogP contribution is 2.44. The molecule has 0 amide bonds. The van der Waals surface area contributed by atoms with Gasteiger partial charge in [0.25, 0.3) is 10.1 Å². The van der Waals surface area contributed by atoms with E-state index in [4.69, 9.17) is 118 Å². The lowest BCUT2D eigenvalue weighted by Gasteiger charge is -2.51. The van der Waals surface area contributed by atoms with Crippen LogP contribution in [-0.4, -0.2) is 651 Å². The van der Waals surface area contributed by atoms with Crippen LogP contribution in [0.15, 0.2) is 0 Å². The Bertz CT molecular complexity index is 3550. The van der Waals surface area contributed by atoms with Crippen molar-refractivity contribution in [2.75, 3.05) is 85.9 Å². The number of hydrogen-bond donors (Lipinski definition) is 36. The normalized spacial score (nSPS) is 53.2. The summed E-state index contributed by atoms with van der Waals surface area (Å²) in [6.07, 6.45) is -119. The third kappa shape index (κ3) is 23.6. The minimum Gasteiger partial charge on any atom is -0.394 e. The van der Waals surface area contributed by atoms with Gasteiger partial charge in [-0.3, -0.25) is 4.55 Å². The van der Waals surface area contributed by atoms with Gasteiger partial charge in [-0.25, -0.2) is 0 Å². The average molecular weight is 2080 g/mol. The second-order valence-electron chi connectivity index (χ2n) is 35.5. The van der Waals surface area contributed by atoms with E-state index in [0.29, 0.717) is 0 Å². The zero-order chi connectivity index (χ0) is 102.